The lowest BCUT2D eigenvalue weighted by atomic mass is 10.2. The molecule has 0 aromatic heterocycles. The first-order valence-corrected chi connectivity index (χ1v) is 3.54. The Morgan fingerprint density at radius 2 is 2.25 bits per heavy atom. The van der Waals surface area contributed by atoms with Gasteiger partial charge in [-0.1, -0.05) is 25.3 Å². The van der Waals surface area contributed by atoms with E-state index in [1.807, 2.05) is 6.08 Å². The van der Waals surface area contributed by atoms with Crippen LogP contribution in [-0.4, -0.2) is 0 Å². The van der Waals surface area contributed by atoms with Gasteiger partial charge >= 0.3 is 0 Å². The van der Waals surface area contributed by atoms with Crippen molar-refractivity contribution in [3.63, 3.8) is 0 Å². The van der Waals surface area contributed by atoms with Gasteiger partial charge in [0, 0.05) is 0 Å². The highest BCUT2D eigenvalue weighted by Crippen LogP contribution is 2.33. The van der Waals surface area contributed by atoms with Crippen LogP contribution >= 0.6 is 0 Å². The molecular formula is C8H14. The molecule has 0 unspecified atom stereocenters. The average molecular weight is 110 g/mol. The van der Waals surface area contributed by atoms with Gasteiger partial charge in [0.15, 0.2) is 0 Å². The zero-order valence-electron chi connectivity index (χ0n) is 5.40. The Bertz CT molecular complexity index is 70.1. The molecule has 0 amide bonds. The quantitative estimate of drug-likeness (QED) is 0.385. The highest BCUT2D eigenvalue weighted by atomic mass is 14.2. The van der Waals surface area contributed by atoms with Crippen molar-refractivity contribution in [3.05, 3.63) is 12.7 Å². The van der Waals surface area contributed by atoms with Gasteiger partial charge in [-0.25, -0.2) is 0 Å². The third-order valence-electron chi connectivity index (χ3n) is 1.72. The van der Waals surface area contributed by atoms with Crippen molar-refractivity contribution in [1.82, 2.24) is 0 Å². The summed E-state index contributed by atoms with van der Waals surface area (Å²) in [6.45, 7) is 3.68. The summed E-state index contributed by atoms with van der Waals surface area (Å²) in [5, 5.41) is 0. The van der Waals surface area contributed by atoms with Crippen molar-refractivity contribution in [3.8, 4) is 0 Å². The highest BCUT2D eigenvalue weighted by molar-refractivity contribution is 4.75. The fourth-order valence-electron chi connectivity index (χ4n) is 0.957. The standard InChI is InChI=1S/C8H14/c1-2-3-4-5-8-6-7-8/h2,8H,1,3-7H2. The molecule has 0 atom stereocenters. The molecule has 0 aromatic rings. The van der Waals surface area contributed by atoms with E-state index in [9.17, 15) is 0 Å². The Morgan fingerprint density at radius 3 is 2.75 bits per heavy atom. The van der Waals surface area contributed by atoms with Crippen LogP contribution in [0.4, 0.5) is 0 Å². The maximum absolute atomic E-state index is 3.68. The van der Waals surface area contributed by atoms with Crippen LogP contribution < -0.4 is 0 Å². The number of unbranched alkanes of at least 4 members (excludes halogenated alkanes) is 1. The topological polar surface area (TPSA) is 0 Å². The lowest BCUT2D eigenvalue weighted by molar-refractivity contribution is 0.675. The molecule has 1 rings (SSSR count). The van der Waals surface area contributed by atoms with Gasteiger partial charge in [0.1, 0.15) is 0 Å². The van der Waals surface area contributed by atoms with Gasteiger partial charge in [0.05, 0.1) is 0 Å². The molecular weight excluding hydrogens is 96.1 g/mol. The minimum absolute atomic E-state index is 1.11. The van der Waals surface area contributed by atoms with Crippen LogP contribution in [0, 0.1) is 5.92 Å². The van der Waals surface area contributed by atoms with Gasteiger partial charge in [0.25, 0.3) is 0 Å². The number of allylic oxidation sites excluding steroid dienone is 1. The van der Waals surface area contributed by atoms with Gasteiger partial charge in [-0.2, -0.15) is 0 Å². The Hall–Kier alpha value is -0.260. The van der Waals surface area contributed by atoms with Gasteiger partial charge in [-0.15, -0.1) is 6.58 Å². The Balaban J connectivity index is 1.80. The molecule has 1 saturated carbocycles. The molecule has 46 valence electrons. The Labute approximate surface area is 51.6 Å². The number of hydrogen-bond acceptors (Lipinski definition) is 0. The van der Waals surface area contributed by atoms with Crippen LogP contribution in [0.25, 0.3) is 0 Å². The monoisotopic (exact) mass is 110 g/mol. The molecule has 0 radical (unpaired) electrons. The summed E-state index contributed by atoms with van der Waals surface area (Å²) in [6.07, 6.45) is 9.05. The van der Waals surface area contributed by atoms with E-state index in [2.05, 4.69) is 6.58 Å². The zero-order chi connectivity index (χ0) is 5.82. The van der Waals surface area contributed by atoms with Gasteiger partial charge in [-0.3, -0.25) is 0 Å². The van der Waals surface area contributed by atoms with Gasteiger partial charge in [0.2, 0.25) is 0 Å². The number of hydrogen-bond donors (Lipinski definition) is 0. The molecule has 1 aliphatic carbocycles. The van der Waals surface area contributed by atoms with Crippen molar-refractivity contribution in [2.75, 3.05) is 0 Å². The molecule has 0 heterocycles. The van der Waals surface area contributed by atoms with E-state index < -0.39 is 0 Å². The van der Waals surface area contributed by atoms with E-state index >= 15 is 0 Å². The predicted molar refractivity (Wildman–Crippen MR) is 36.8 cm³/mol. The minimum Gasteiger partial charge on any atom is -0.103 e. The van der Waals surface area contributed by atoms with E-state index in [-0.39, 0.29) is 0 Å². The highest BCUT2D eigenvalue weighted by Gasteiger charge is 2.19. The first-order valence-electron chi connectivity index (χ1n) is 3.54. The van der Waals surface area contributed by atoms with E-state index in [1.165, 1.54) is 32.1 Å². The van der Waals surface area contributed by atoms with Crippen LogP contribution in [0.5, 0.6) is 0 Å². The van der Waals surface area contributed by atoms with Crippen molar-refractivity contribution < 1.29 is 0 Å². The summed E-state index contributed by atoms with van der Waals surface area (Å²) in [4.78, 5) is 0. The van der Waals surface area contributed by atoms with Crippen LogP contribution in [0.2, 0.25) is 0 Å². The van der Waals surface area contributed by atoms with Crippen LogP contribution in [-0.2, 0) is 0 Å². The van der Waals surface area contributed by atoms with Crippen molar-refractivity contribution >= 4 is 0 Å². The summed E-state index contributed by atoms with van der Waals surface area (Å²) >= 11 is 0. The Morgan fingerprint density at radius 1 is 1.50 bits per heavy atom. The van der Waals surface area contributed by atoms with Gasteiger partial charge < -0.3 is 0 Å². The summed E-state index contributed by atoms with van der Waals surface area (Å²) < 4.78 is 0. The summed E-state index contributed by atoms with van der Waals surface area (Å²) in [5.74, 6) is 1.11. The minimum atomic E-state index is 1.11. The predicted octanol–water partition coefficient (Wildman–Crippen LogP) is 2.75. The molecule has 1 fully saturated rings. The van der Waals surface area contributed by atoms with E-state index in [0.717, 1.165) is 5.92 Å². The van der Waals surface area contributed by atoms with Crippen LogP contribution in [0.3, 0.4) is 0 Å². The van der Waals surface area contributed by atoms with E-state index in [1.54, 1.807) is 0 Å². The second kappa shape index (κ2) is 2.91. The Kier molecular flexibility index (Phi) is 2.13. The van der Waals surface area contributed by atoms with Crippen LogP contribution in [0.1, 0.15) is 32.1 Å². The summed E-state index contributed by atoms with van der Waals surface area (Å²) in [7, 11) is 0. The molecule has 0 aliphatic heterocycles. The zero-order valence-corrected chi connectivity index (χ0v) is 5.40. The smallest absolute Gasteiger partial charge is 0.0353 e. The molecule has 0 spiro atoms. The SMILES string of the molecule is C=CCCCC1CC1. The number of rotatable bonds is 4. The third-order valence-corrected chi connectivity index (χ3v) is 1.72. The molecule has 0 nitrogen and oxygen atoms in total. The summed E-state index contributed by atoms with van der Waals surface area (Å²) in [5.41, 5.74) is 0. The fraction of sp³-hybridized carbons (Fsp3) is 0.750. The largest absolute Gasteiger partial charge is 0.103 e. The molecule has 0 heteroatoms. The maximum atomic E-state index is 3.68. The van der Waals surface area contributed by atoms with Crippen molar-refractivity contribution in [2.45, 2.75) is 32.1 Å². The second-order valence-corrected chi connectivity index (χ2v) is 2.66. The van der Waals surface area contributed by atoms with Crippen LogP contribution in [0.15, 0.2) is 12.7 Å². The summed E-state index contributed by atoms with van der Waals surface area (Å²) in [6, 6.07) is 0. The molecule has 0 bridgehead atoms. The van der Waals surface area contributed by atoms with Crippen molar-refractivity contribution in [2.24, 2.45) is 5.92 Å². The first-order chi connectivity index (χ1) is 3.93. The average Bonchev–Trinajstić information content (AvgIpc) is 2.51. The maximum Gasteiger partial charge on any atom is -0.0353 e. The second-order valence-electron chi connectivity index (χ2n) is 2.66. The third kappa shape index (κ3) is 2.15. The lowest BCUT2D eigenvalue weighted by Crippen LogP contribution is -1.73. The molecule has 1 aliphatic rings. The first kappa shape index (κ1) is 5.87. The van der Waals surface area contributed by atoms with Gasteiger partial charge in [-0.05, 0) is 18.8 Å². The molecule has 8 heavy (non-hydrogen) atoms. The van der Waals surface area contributed by atoms with E-state index in [0.29, 0.717) is 0 Å². The molecule has 0 saturated heterocycles. The fourth-order valence-corrected chi connectivity index (χ4v) is 0.957. The molecule has 0 aromatic carbocycles. The van der Waals surface area contributed by atoms with Crippen molar-refractivity contribution in [1.29, 1.82) is 0 Å². The van der Waals surface area contributed by atoms with E-state index in [4.69, 9.17) is 0 Å². The normalized spacial score (nSPS) is 18.5. The lowest BCUT2D eigenvalue weighted by Gasteiger charge is -1.90. The molecule has 0 N–H and O–H groups in total.